The number of hydrogen-bond donors (Lipinski definition) is 0. The van der Waals surface area contributed by atoms with Gasteiger partial charge in [-0.1, -0.05) is 45.4 Å². The van der Waals surface area contributed by atoms with Gasteiger partial charge in [-0.25, -0.2) is 4.68 Å². The highest BCUT2D eigenvalue weighted by atomic mass is 79.9. The van der Waals surface area contributed by atoms with Gasteiger partial charge in [0.25, 0.3) is 0 Å². The Morgan fingerprint density at radius 3 is 2.67 bits per heavy atom. The van der Waals surface area contributed by atoms with Crippen LogP contribution in [0.1, 0.15) is 19.9 Å². The highest BCUT2D eigenvalue weighted by Gasteiger charge is 2.11. The fourth-order valence-corrected chi connectivity index (χ4v) is 4.22. The number of fused-ring (bicyclic) bond motifs is 1. The zero-order chi connectivity index (χ0) is 16.7. The topological polar surface area (TPSA) is 30.7 Å². The van der Waals surface area contributed by atoms with Crippen LogP contribution in [0.3, 0.4) is 0 Å². The quantitative estimate of drug-likeness (QED) is 0.413. The Labute approximate surface area is 153 Å². The summed E-state index contributed by atoms with van der Waals surface area (Å²) in [6.45, 7) is 4.23. The summed E-state index contributed by atoms with van der Waals surface area (Å²) in [4.78, 5) is 1.24. The molecule has 0 fully saturated rings. The lowest BCUT2D eigenvalue weighted by molar-refractivity contribution is 0.530. The molecule has 0 saturated heterocycles. The molecule has 4 rings (SSSR count). The first-order valence-electron chi connectivity index (χ1n) is 7.82. The van der Waals surface area contributed by atoms with Gasteiger partial charge in [0.05, 0.1) is 5.52 Å². The van der Waals surface area contributed by atoms with Crippen molar-refractivity contribution in [2.45, 2.75) is 19.9 Å². The SMILES string of the molecule is CC(C)n1nnc2cc(-c3cc(-c4ccccc4Br)cs3)ccc21. The van der Waals surface area contributed by atoms with Crippen molar-refractivity contribution >= 4 is 38.3 Å². The molecule has 2 heterocycles. The van der Waals surface area contributed by atoms with Gasteiger partial charge in [-0.2, -0.15) is 0 Å². The molecule has 0 aliphatic rings. The number of rotatable bonds is 3. The molecule has 0 N–H and O–H groups in total. The predicted octanol–water partition coefficient (Wildman–Crippen LogP) is 6.17. The third-order valence-corrected chi connectivity index (χ3v) is 5.70. The Hall–Kier alpha value is -1.98. The molecule has 24 heavy (non-hydrogen) atoms. The lowest BCUT2D eigenvalue weighted by atomic mass is 10.1. The minimum Gasteiger partial charge on any atom is -0.242 e. The zero-order valence-corrected chi connectivity index (χ0v) is 15.8. The van der Waals surface area contributed by atoms with Gasteiger partial charge in [-0.05, 0) is 60.2 Å². The van der Waals surface area contributed by atoms with Crippen LogP contribution in [-0.2, 0) is 0 Å². The van der Waals surface area contributed by atoms with Gasteiger partial charge >= 0.3 is 0 Å². The summed E-state index contributed by atoms with van der Waals surface area (Å²) in [7, 11) is 0. The standard InChI is InChI=1S/C19H16BrN3S/c1-12(2)23-18-8-7-13(9-17(18)21-22-23)19-10-14(11-24-19)15-5-3-4-6-16(15)20/h3-12H,1-2H3. The Morgan fingerprint density at radius 2 is 1.88 bits per heavy atom. The lowest BCUT2D eigenvalue weighted by Crippen LogP contribution is -2.02. The van der Waals surface area contributed by atoms with Crippen molar-refractivity contribution in [3.8, 4) is 21.6 Å². The normalized spacial score (nSPS) is 11.5. The van der Waals surface area contributed by atoms with Crippen molar-refractivity contribution in [3.63, 3.8) is 0 Å². The van der Waals surface area contributed by atoms with Gasteiger partial charge in [0.15, 0.2) is 0 Å². The van der Waals surface area contributed by atoms with E-state index in [2.05, 4.69) is 87.9 Å². The molecule has 0 radical (unpaired) electrons. The van der Waals surface area contributed by atoms with E-state index in [0.717, 1.165) is 15.5 Å². The maximum Gasteiger partial charge on any atom is 0.113 e. The van der Waals surface area contributed by atoms with E-state index < -0.39 is 0 Å². The molecule has 0 amide bonds. The first-order chi connectivity index (χ1) is 11.6. The van der Waals surface area contributed by atoms with E-state index in [1.807, 2.05) is 10.7 Å². The Bertz CT molecular complexity index is 1020. The molecule has 4 aromatic rings. The van der Waals surface area contributed by atoms with Crippen LogP contribution in [0.15, 0.2) is 58.4 Å². The third kappa shape index (κ3) is 2.68. The Morgan fingerprint density at radius 1 is 1.04 bits per heavy atom. The van der Waals surface area contributed by atoms with E-state index >= 15 is 0 Å². The van der Waals surface area contributed by atoms with E-state index in [4.69, 9.17) is 0 Å². The van der Waals surface area contributed by atoms with Crippen LogP contribution < -0.4 is 0 Å². The maximum absolute atomic E-state index is 4.32. The first kappa shape index (κ1) is 15.5. The van der Waals surface area contributed by atoms with Gasteiger partial charge < -0.3 is 0 Å². The second-order valence-corrected chi connectivity index (χ2v) is 7.78. The molecule has 2 aromatic heterocycles. The van der Waals surface area contributed by atoms with Gasteiger partial charge in [0.2, 0.25) is 0 Å². The monoisotopic (exact) mass is 397 g/mol. The van der Waals surface area contributed by atoms with Crippen molar-refractivity contribution in [1.82, 2.24) is 15.0 Å². The predicted molar refractivity (Wildman–Crippen MR) is 104 cm³/mol. The van der Waals surface area contributed by atoms with Gasteiger partial charge in [0, 0.05) is 15.4 Å². The molecule has 0 aliphatic carbocycles. The van der Waals surface area contributed by atoms with Crippen molar-refractivity contribution in [3.05, 3.63) is 58.4 Å². The van der Waals surface area contributed by atoms with Crippen LogP contribution in [0.5, 0.6) is 0 Å². The van der Waals surface area contributed by atoms with Crippen molar-refractivity contribution < 1.29 is 0 Å². The highest BCUT2D eigenvalue weighted by Crippen LogP contribution is 2.36. The van der Waals surface area contributed by atoms with E-state index in [1.54, 1.807) is 11.3 Å². The van der Waals surface area contributed by atoms with Crippen molar-refractivity contribution in [1.29, 1.82) is 0 Å². The molecule has 5 heteroatoms. The van der Waals surface area contributed by atoms with Gasteiger partial charge in [0.1, 0.15) is 5.52 Å². The van der Waals surface area contributed by atoms with Crippen LogP contribution >= 0.6 is 27.3 Å². The van der Waals surface area contributed by atoms with E-state index in [0.29, 0.717) is 6.04 Å². The average molecular weight is 398 g/mol. The number of halogens is 1. The fourth-order valence-electron chi connectivity index (χ4n) is 2.80. The molecule has 0 unspecified atom stereocenters. The molecule has 2 aromatic carbocycles. The maximum atomic E-state index is 4.32. The van der Waals surface area contributed by atoms with Crippen LogP contribution in [0.4, 0.5) is 0 Å². The summed E-state index contributed by atoms with van der Waals surface area (Å²) in [5.74, 6) is 0. The summed E-state index contributed by atoms with van der Waals surface area (Å²) in [5, 5.41) is 10.8. The second-order valence-electron chi connectivity index (χ2n) is 6.01. The second kappa shape index (κ2) is 6.15. The molecule has 0 bridgehead atoms. The van der Waals surface area contributed by atoms with Gasteiger partial charge in [-0.3, -0.25) is 0 Å². The fraction of sp³-hybridized carbons (Fsp3) is 0.158. The average Bonchev–Trinajstić information content (AvgIpc) is 3.21. The molecule has 3 nitrogen and oxygen atoms in total. The first-order valence-corrected chi connectivity index (χ1v) is 9.49. The molecular weight excluding hydrogens is 382 g/mol. The minimum absolute atomic E-state index is 0.310. The summed E-state index contributed by atoms with van der Waals surface area (Å²) < 4.78 is 3.07. The lowest BCUT2D eigenvalue weighted by Gasteiger charge is -2.05. The third-order valence-electron chi connectivity index (χ3n) is 4.03. The molecule has 0 atom stereocenters. The molecule has 0 spiro atoms. The minimum atomic E-state index is 0.310. The number of hydrogen-bond acceptors (Lipinski definition) is 3. The van der Waals surface area contributed by atoms with Gasteiger partial charge in [-0.15, -0.1) is 16.4 Å². The van der Waals surface area contributed by atoms with Crippen LogP contribution in [0.2, 0.25) is 0 Å². The Kier molecular flexibility index (Phi) is 3.98. The summed E-state index contributed by atoms with van der Waals surface area (Å²) in [6.07, 6.45) is 0. The zero-order valence-electron chi connectivity index (χ0n) is 13.4. The summed E-state index contributed by atoms with van der Waals surface area (Å²) in [6, 6.07) is 17.2. The molecule has 120 valence electrons. The summed E-state index contributed by atoms with van der Waals surface area (Å²) >= 11 is 5.38. The van der Waals surface area contributed by atoms with Crippen molar-refractivity contribution in [2.75, 3.05) is 0 Å². The number of aromatic nitrogens is 3. The number of thiophene rings is 1. The molecule has 0 aliphatic heterocycles. The number of nitrogens with zero attached hydrogens (tertiary/aromatic N) is 3. The van der Waals surface area contributed by atoms with E-state index in [9.17, 15) is 0 Å². The largest absolute Gasteiger partial charge is 0.242 e. The Balaban J connectivity index is 1.75. The highest BCUT2D eigenvalue weighted by molar-refractivity contribution is 9.10. The molecule has 0 saturated carbocycles. The van der Waals surface area contributed by atoms with Crippen LogP contribution in [0, 0.1) is 0 Å². The smallest absolute Gasteiger partial charge is 0.113 e. The van der Waals surface area contributed by atoms with E-state index in [1.165, 1.54) is 21.6 Å². The van der Waals surface area contributed by atoms with E-state index in [-0.39, 0.29) is 0 Å². The summed E-state index contributed by atoms with van der Waals surface area (Å²) in [5.41, 5.74) is 5.65. The van der Waals surface area contributed by atoms with Crippen LogP contribution in [-0.4, -0.2) is 15.0 Å². The van der Waals surface area contributed by atoms with Crippen molar-refractivity contribution in [2.24, 2.45) is 0 Å². The molecular formula is C19H16BrN3S. The number of benzene rings is 2. The van der Waals surface area contributed by atoms with Crippen LogP contribution in [0.25, 0.3) is 32.6 Å².